The molecule has 0 fully saturated rings. The summed E-state index contributed by atoms with van der Waals surface area (Å²) in [5.74, 6) is 0.706. The fourth-order valence-electron chi connectivity index (χ4n) is 3.65. The highest BCUT2D eigenvalue weighted by atomic mass is 79.9. The number of rotatable bonds is 10. The van der Waals surface area contributed by atoms with E-state index in [9.17, 15) is 13.2 Å². The molecule has 2 unspecified atom stereocenters. The number of carbonyl (C=O) groups excluding carboxylic acids is 1. The van der Waals surface area contributed by atoms with E-state index in [1.807, 2.05) is 0 Å². The lowest BCUT2D eigenvalue weighted by molar-refractivity contribution is -0.115. The maximum Gasteiger partial charge on any atom is 0.238 e. The van der Waals surface area contributed by atoms with E-state index in [1.165, 1.54) is 58.8 Å². The second-order valence-corrected chi connectivity index (χ2v) is 10.5. The first kappa shape index (κ1) is 26.7. The molecule has 0 saturated carbocycles. The molecule has 0 radical (unpaired) electrons. The number of hydrogen-bond donors (Lipinski definition) is 2. The van der Waals surface area contributed by atoms with Gasteiger partial charge in [0.1, 0.15) is 5.76 Å². The van der Waals surface area contributed by atoms with Gasteiger partial charge in [-0.15, -0.1) is 0 Å². The van der Waals surface area contributed by atoms with Gasteiger partial charge in [0.2, 0.25) is 20.7 Å². The van der Waals surface area contributed by atoms with Crippen LogP contribution in [0.2, 0.25) is 0 Å². The molecule has 35 heavy (non-hydrogen) atoms. The van der Waals surface area contributed by atoms with Gasteiger partial charge < -0.3 is 24.3 Å². The second-order valence-electron chi connectivity index (χ2n) is 7.47. The van der Waals surface area contributed by atoms with Crippen LogP contribution in [-0.2, 0) is 24.1 Å². The van der Waals surface area contributed by atoms with Gasteiger partial charge in [-0.25, -0.2) is 8.42 Å². The van der Waals surface area contributed by atoms with E-state index in [2.05, 4.69) is 26.6 Å². The Bertz CT molecular complexity index is 1230. The first-order valence-electron chi connectivity index (χ1n) is 10.5. The van der Waals surface area contributed by atoms with Gasteiger partial charge >= 0.3 is 0 Å². The third-order valence-electron chi connectivity index (χ3n) is 5.49. The molecule has 3 rings (SSSR count). The van der Waals surface area contributed by atoms with Gasteiger partial charge in [-0.1, -0.05) is 15.9 Å². The Balaban J connectivity index is 1.92. The average molecular weight is 567 g/mol. The van der Waals surface area contributed by atoms with E-state index in [0.717, 1.165) is 4.47 Å². The van der Waals surface area contributed by atoms with Crippen molar-refractivity contribution in [1.82, 2.24) is 5.32 Å². The van der Waals surface area contributed by atoms with Gasteiger partial charge in [0.15, 0.2) is 11.5 Å². The molecule has 0 aromatic heterocycles. The predicted octanol–water partition coefficient (Wildman–Crippen LogP) is 3.28. The average Bonchev–Trinajstić information content (AvgIpc) is 2.87. The molecule has 0 saturated heterocycles. The smallest absolute Gasteiger partial charge is 0.238 e. The molecule has 0 spiro atoms. The maximum atomic E-state index is 13.9. The number of benzene rings is 2. The molecule has 2 N–H and O–H groups in total. The van der Waals surface area contributed by atoms with Gasteiger partial charge in [-0.05, 0) is 54.6 Å². The van der Waals surface area contributed by atoms with Crippen LogP contribution in [0.3, 0.4) is 0 Å². The highest BCUT2D eigenvalue weighted by molar-refractivity contribution is 9.10. The van der Waals surface area contributed by atoms with Gasteiger partial charge in [-0.3, -0.25) is 10.1 Å². The summed E-state index contributed by atoms with van der Waals surface area (Å²) in [5.41, 5.74) is 0.604. The molecule has 11 heteroatoms. The molecule has 2 aromatic rings. The Morgan fingerprint density at radius 1 is 1.00 bits per heavy atom. The van der Waals surface area contributed by atoms with Crippen molar-refractivity contribution in [1.29, 1.82) is 0 Å². The van der Waals surface area contributed by atoms with E-state index < -0.39 is 20.8 Å². The fourth-order valence-corrected chi connectivity index (χ4v) is 5.74. The van der Waals surface area contributed by atoms with Crippen LogP contribution in [0.1, 0.15) is 0 Å². The van der Waals surface area contributed by atoms with Crippen LogP contribution in [-0.4, -0.2) is 60.3 Å². The number of anilines is 1. The summed E-state index contributed by atoms with van der Waals surface area (Å²) in [6, 6.07) is 10.4. The minimum Gasteiger partial charge on any atom is -0.497 e. The van der Waals surface area contributed by atoms with Gasteiger partial charge in [-0.2, -0.15) is 0 Å². The summed E-state index contributed by atoms with van der Waals surface area (Å²) in [7, 11) is 1.48. The van der Waals surface area contributed by atoms with Crippen LogP contribution in [0.4, 0.5) is 5.69 Å². The molecule has 0 aliphatic heterocycles. The van der Waals surface area contributed by atoms with Crippen molar-refractivity contribution >= 4 is 37.4 Å². The van der Waals surface area contributed by atoms with E-state index >= 15 is 0 Å². The lowest BCUT2D eigenvalue weighted by atomic mass is 10.0. The SMILES string of the molecule is COC1=CC(NCC(=O)Nc2ccc(Br)cc2)C(OC)(S(=O)(=O)c2ccc(OC)c(OC)c2)C=C1. The van der Waals surface area contributed by atoms with Crippen molar-refractivity contribution in [3.8, 4) is 11.5 Å². The van der Waals surface area contributed by atoms with Crippen LogP contribution < -0.4 is 20.1 Å². The summed E-state index contributed by atoms with van der Waals surface area (Å²) in [5, 5.41) is 5.76. The van der Waals surface area contributed by atoms with Crippen molar-refractivity contribution in [3.05, 3.63) is 70.9 Å². The zero-order valence-electron chi connectivity index (χ0n) is 19.7. The largest absolute Gasteiger partial charge is 0.497 e. The Morgan fingerprint density at radius 2 is 1.69 bits per heavy atom. The highest BCUT2D eigenvalue weighted by Crippen LogP contribution is 2.38. The van der Waals surface area contributed by atoms with Crippen molar-refractivity contribution in [3.63, 3.8) is 0 Å². The van der Waals surface area contributed by atoms with Crippen LogP contribution in [0, 0.1) is 0 Å². The monoisotopic (exact) mass is 566 g/mol. The Labute approximate surface area is 213 Å². The molecule has 2 aromatic carbocycles. The molecular weight excluding hydrogens is 540 g/mol. The zero-order valence-corrected chi connectivity index (χ0v) is 22.1. The summed E-state index contributed by atoms with van der Waals surface area (Å²) in [6.07, 6.45) is 4.48. The van der Waals surface area contributed by atoms with Gasteiger partial charge in [0, 0.05) is 23.3 Å². The van der Waals surface area contributed by atoms with Crippen LogP contribution in [0.25, 0.3) is 0 Å². The Hall–Kier alpha value is -2.86. The fraction of sp³-hybridized carbons (Fsp3) is 0.292. The second kappa shape index (κ2) is 11.3. The molecule has 1 aliphatic rings. The Morgan fingerprint density at radius 3 is 2.29 bits per heavy atom. The number of amides is 1. The standard InChI is InChI=1S/C24H27BrN2O7S/c1-31-18-11-12-24(34-4,35(29,30)19-9-10-20(32-2)21(14-19)33-3)22(13-18)26-15-23(28)27-17-7-5-16(25)6-8-17/h5-14,22,26H,15H2,1-4H3,(H,27,28). The van der Waals surface area contributed by atoms with Crippen LogP contribution in [0.5, 0.6) is 11.5 Å². The third kappa shape index (κ3) is 5.53. The zero-order chi connectivity index (χ0) is 25.6. The molecule has 2 atom stereocenters. The number of allylic oxidation sites excluding steroid dienone is 1. The normalized spacial score (nSPS) is 19.6. The molecule has 1 amide bonds. The molecule has 1 aliphatic carbocycles. The summed E-state index contributed by atoms with van der Waals surface area (Å²) < 4.78 is 50.1. The van der Waals surface area contributed by atoms with Crippen molar-refractivity contribution < 1.29 is 32.2 Å². The number of methoxy groups -OCH3 is 4. The molecule has 0 bridgehead atoms. The maximum absolute atomic E-state index is 13.9. The topological polar surface area (TPSA) is 112 Å². The Kier molecular flexibility index (Phi) is 8.60. The van der Waals surface area contributed by atoms with Crippen LogP contribution in [0.15, 0.2) is 75.8 Å². The van der Waals surface area contributed by atoms with E-state index in [-0.39, 0.29) is 23.1 Å². The van der Waals surface area contributed by atoms with E-state index in [1.54, 1.807) is 30.3 Å². The molecule has 0 heterocycles. The van der Waals surface area contributed by atoms with E-state index in [4.69, 9.17) is 18.9 Å². The van der Waals surface area contributed by atoms with E-state index in [0.29, 0.717) is 17.2 Å². The molecule has 188 valence electrons. The first-order chi connectivity index (χ1) is 16.7. The van der Waals surface area contributed by atoms with Crippen molar-refractivity contribution in [2.45, 2.75) is 15.9 Å². The summed E-state index contributed by atoms with van der Waals surface area (Å²) >= 11 is 3.35. The van der Waals surface area contributed by atoms with Gasteiger partial charge in [0.05, 0.1) is 38.8 Å². The van der Waals surface area contributed by atoms with Gasteiger partial charge in [0.25, 0.3) is 0 Å². The number of sulfone groups is 1. The first-order valence-corrected chi connectivity index (χ1v) is 12.7. The number of ether oxygens (including phenoxy) is 4. The molecular formula is C24H27BrN2O7S. The number of carbonyl (C=O) groups is 1. The minimum absolute atomic E-state index is 0.0398. The number of nitrogens with one attached hydrogen (secondary N) is 2. The summed E-state index contributed by atoms with van der Waals surface area (Å²) in [4.78, 5) is 10.7. The van der Waals surface area contributed by atoms with Crippen molar-refractivity contribution in [2.24, 2.45) is 0 Å². The number of hydrogen-bond acceptors (Lipinski definition) is 8. The lowest BCUT2D eigenvalue weighted by Crippen LogP contribution is -2.57. The number of halogens is 1. The minimum atomic E-state index is -4.17. The highest BCUT2D eigenvalue weighted by Gasteiger charge is 2.51. The lowest BCUT2D eigenvalue weighted by Gasteiger charge is -2.37. The summed E-state index contributed by atoms with van der Waals surface area (Å²) in [6.45, 7) is -0.186. The quantitative estimate of drug-likeness (QED) is 0.450. The third-order valence-corrected chi connectivity index (χ3v) is 8.29. The predicted molar refractivity (Wildman–Crippen MR) is 135 cm³/mol. The van der Waals surface area contributed by atoms with Crippen LogP contribution >= 0.6 is 15.9 Å². The molecule has 9 nitrogen and oxygen atoms in total. The van der Waals surface area contributed by atoms with Crippen molar-refractivity contribution in [2.75, 3.05) is 40.3 Å².